The predicted octanol–water partition coefficient (Wildman–Crippen LogP) is -0.283. The molecule has 3 nitrogen and oxygen atoms in total. The van der Waals surface area contributed by atoms with E-state index in [9.17, 15) is 5.11 Å². The Balaban J connectivity index is 2.36. The van der Waals surface area contributed by atoms with Crippen molar-refractivity contribution in [1.82, 2.24) is 4.90 Å². The molecule has 1 aliphatic rings. The van der Waals surface area contributed by atoms with Gasteiger partial charge in [-0.15, -0.1) is 0 Å². The van der Waals surface area contributed by atoms with E-state index in [1.54, 1.807) is 0 Å². The monoisotopic (exact) mass is 159 g/mol. The minimum absolute atomic E-state index is 0.268. The number of hydrogen-bond donors (Lipinski definition) is 1. The molecule has 0 aromatic heterocycles. The molecule has 0 aromatic carbocycles. The van der Waals surface area contributed by atoms with Crippen LogP contribution in [0.5, 0.6) is 0 Å². The van der Waals surface area contributed by atoms with E-state index in [1.165, 1.54) is 0 Å². The van der Waals surface area contributed by atoms with Crippen molar-refractivity contribution in [2.45, 2.75) is 13.2 Å². The Morgan fingerprint density at radius 3 is 2.09 bits per heavy atom. The number of rotatable bonds is 1. The molecule has 1 fully saturated rings. The third-order valence-corrected chi connectivity index (χ3v) is 2.51. The second-order valence-corrected chi connectivity index (χ2v) is 4.05. The Labute approximate surface area is 68.8 Å². The zero-order valence-corrected chi connectivity index (χ0v) is 7.75. The van der Waals surface area contributed by atoms with E-state index in [-0.39, 0.29) is 6.23 Å². The van der Waals surface area contributed by atoms with Gasteiger partial charge in [0.1, 0.15) is 6.23 Å². The van der Waals surface area contributed by atoms with E-state index in [2.05, 4.69) is 19.0 Å². The lowest BCUT2D eigenvalue weighted by atomic mass is 10.3. The molecule has 1 rings (SSSR count). The van der Waals surface area contributed by atoms with Crippen LogP contribution in [0, 0.1) is 0 Å². The summed E-state index contributed by atoms with van der Waals surface area (Å²) >= 11 is 0. The standard InChI is InChI=1S/C8H19N2O/c1-8(11)9-4-6-10(2,3)7-5-9/h8,11H,4-7H2,1-3H3/q+1. The van der Waals surface area contributed by atoms with Crippen molar-refractivity contribution < 1.29 is 9.59 Å². The fourth-order valence-electron chi connectivity index (χ4n) is 1.40. The Morgan fingerprint density at radius 2 is 1.73 bits per heavy atom. The number of quaternary nitrogens is 1. The first kappa shape index (κ1) is 8.97. The molecule has 1 N–H and O–H groups in total. The van der Waals surface area contributed by atoms with Crippen molar-refractivity contribution in [2.75, 3.05) is 40.3 Å². The van der Waals surface area contributed by atoms with Crippen LogP contribution in [-0.4, -0.2) is 61.0 Å². The van der Waals surface area contributed by atoms with E-state index in [4.69, 9.17) is 0 Å². The third kappa shape index (κ3) is 2.43. The van der Waals surface area contributed by atoms with Crippen molar-refractivity contribution in [2.24, 2.45) is 0 Å². The average Bonchev–Trinajstić information content (AvgIpc) is 1.86. The van der Waals surface area contributed by atoms with E-state index >= 15 is 0 Å². The van der Waals surface area contributed by atoms with E-state index < -0.39 is 0 Å². The predicted molar refractivity (Wildman–Crippen MR) is 45.1 cm³/mol. The van der Waals surface area contributed by atoms with E-state index in [1.807, 2.05) is 6.92 Å². The highest BCUT2D eigenvalue weighted by molar-refractivity contribution is 4.62. The molecule has 0 spiro atoms. The van der Waals surface area contributed by atoms with Gasteiger partial charge in [0.15, 0.2) is 0 Å². The molecule has 1 aliphatic heterocycles. The summed E-state index contributed by atoms with van der Waals surface area (Å²) in [6.07, 6.45) is -0.268. The van der Waals surface area contributed by atoms with Crippen LogP contribution in [0.2, 0.25) is 0 Å². The Bertz CT molecular complexity index is 124. The van der Waals surface area contributed by atoms with Crippen molar-refractivity contribution in [3.63, 3.8) is 0 Å². The molecule has 11 heavy (non-hydrogen) atoms. The molecule has 1 saturated heterocycles. The van der Waals surface area contributed by atoms with Gasteiger partial charge in [-0.25, -0.2) is 0 Å². The maximum atomic E-state index is 9.27. The highest BCUT2D eigenvalue weighted by atomic mass is 16.3. The lowest BCUT2D eigenvalue weighted by Crippen LogP contribution is -2.56. The molecule has 0 amide bonds. The lowest BCUT2D eigenvalue weighted by Gasteiger charge is -2.40. The average molecular weight is 159 g/mol. The summed E-state index contributed by atoms with van der Waals surface area (Å²) in [5.41, 5.74) is 0. The molecule has 66 valence electrons. The zero-order chi connectivity index (χ0) is 8.48. The molecule has 3 heteroatoms. The molecule has 1 unspecified atom stereocenters. The summed E-state index contributed by atoms with van der Waals surface area (Å²) in [4.78, 5) is 2.11. The molecular formula is C8H19N2O+. The second-order valence-electron chi connectivity index (χ2n) is 4.05. The summed E-state index contributed by atoms with van der Waals surface area (Å²) in [6.45, 7) is 6.16. The number of piperazine rings is 1. The Hall–Kier alpha value is -0.120. The maximum Gasteiger partial charge on any atom is 0.104 e. The van der Waals surface area contributed by atoms with Gasteiger partial charge in [0.05, 0.1) is 40.3 Å². The largest absolute Gasteiger partial charge is 0.379 e. The van der Waals surface area contributed by atoms with Gasteiger partial charge >= 0.3 is 0 Å². The fourth-order valence-corrected chi connectivity index (χ4v) is 1.40. The van der Waals surface area contributed by atoms with Crippen LogP contribution >= 0.6 is 0 Å². The van der Waals surface area contributed by atoms with Gasteiger partial charge in [-0.3, -0.25) is 4.90 Å². The van der Waals surface area contributed by atoms with Crippen LogP contribution in [0.15, 0.2) is 0 Å². The quantitative estimate of drug-likeness (QED) is 0.532. The van der Waals surface area contributed by atoms with E-state index in [0.29, 0.717) is 0 Å². The smallest absolute Gasteiger partial charge is 0.104 e. The van der Waals surface area contributed by atoms with Gasteiger partial charge in [0.25, 0.3) is 0 Å². The molecule has 1 atom stereocenters. The van der Waals surface area contributed by atoms with Gasteiger partial charge in [0.2, 0.25) is 0 Å². The Morgan fingerprint density at radius 1 is 1.27 bits per heavy atom. The number of nitrogens with zero attached hydrogens (tertiary/aromatic N) is 2. The summed E-state index contributed by atoms with van der Waals surface area (Å²) in [6, 6.07) is 0. The number of likely N-dealkylation sites (N-methyl/N-ethyl adjacent to an activating group) is 1. The number of hydrogen-bond acceptors (Lipinski definition) is 2. The molecular weight excluding hydrogens is 140 g/mol. The van der Waals surface area contributed by atoms with Crippen LogP contribution in [0.1, 0.15) is 6.92 Å². The first-order valence-corrected chi connectivity index (χ1v) is 4.25. The van der Waals surface area contributed by atoms with Crippen LogP contribution in [0.25, 0.3) is 0 Å². The minimum atomic E-state index is -0.268. The van der Waals surface area contributed by atoms with Gasteiger partial charge < -0.3 is 9.59 Å². The summed E-state index contributed by atoms with van der Waals surface area (Å²) < 4.78 is 1.09. The van der Waals surface area contributed by atoms with Crippen molar-refractivity contribution in [1.29, 1.82) is 0 Å². The van der Waals surface area contributed by atoms with Crippen LogP contribution < -0.4 is 0 Å². The van der Waals surface area contributed by atoms with Crippen LogP contribution in [0.4, 0.5) is 0 Å². The summed E-state index contributed by atoms with van der Waals surface area (Å²) in [5, 5.41) is 9.27. The van der Waals surface area contributed by atoms with Crippen molar-refractivity contribution in [3.05, 3.63) is 0 Å². The summed E-state index contributed by atoms with van der Waals surface area (Å²) in [5.74, 6) is 0. The highest BCUT2D eigenvalue weighted by Crippen LogP contribution is 2.07. The molecule has 0 saturated carbocycles. The van der Waals surface area contributed by atoms with Gasteiger partial charge in [-0.05, 0) is 6.92 Å². The number of aliphatic hydroxyl groups is 1. The molecule has 0 aromatic rings. The first-order chi connectivity index (χ1) is 5.01. The van der Waals surface area contributed by atoms with Gasteiger partial charge in [-0.1, -0.05) is 0 Å². The molecule has 0 bridgehead atoms. The molecule has 1 heterocycles. The number of aliphatic hydroxyl groups excluding tert-OH is 1. The maximum absolute atomic E-state index is 9.27. The second kappa shape index (κ2) is 3.09. The Kier molecular flexibility index (Phi) is 2.52. The molecule has 0 radical (unpaired) electrons. The van der Waals surface area contributed by atoms with Crippen molar-refractivity contribution in [3.8, 4) is 0 Å². The summed E-state index contributed by atoms with van der Waals surface area (Å²) in [7, 11) is 4.47. The fraction of sp³-hybridized carbons (Fsp3) is 1.00. The van der Waals surface area contributed by atoms with Crippen LogP contribution in [0.3, 0.4) is 0 Å². The van der Waals surface area contributed by atoms with Crippen LogP contribution in [-0.2, 0) is 0 Å². The normalized spacial score (nSPS) is 28.4. The first-order valence-electron chi connectivity index (χ1n) is 4.25. The third-order valence-electron chi connectivity index (χ3n) is 2.51. The lowest BCUT2D eigenvalue weighted by molar-refractivity contribution is -0.895. The zero-order valence-electron chi connectivity index (χ0n) is 7.75. The van der Waals surface area contributed by atoms with Gasteiger partial charge in [-0.2, -0.15) is 0 Å². The highest BCUT2D eigenvalue weighted by Gasteiger charge is 2.25. The topological polar surface area (TPSA) is 23.5 Å². The van der Waals surface area contributed by atoms with Crippen molar-refractivity contribution >= 4 is 0 Å². The minimum Gasteiger partial charge on any atom is -0.379 e. The van der Waals surface area contributed by atoms with E-state index in [0.717, 1.165) is 30.7 Å². The van der Waals surface area contributed by atoms with Gasteiger partial charge in [0, 0.05) is 0 Å². The SMILES string of the molecule is CC(O)N1CC[N+](C)(C)CC1. The molecule has 0 aliphatic carbocycles.